The molecule has 1 atom stereocenters. The summed E-state index contributed by atoms with van der Waals surface area (Å²) in [5.41, 5.74) is 3.21. The minimum absolute atomic E-state index is 0.255. The number of hydrogen-bond acceptors (Lipinski definition) is 2. The Morgan fingerprint density at radius 1 is 0.967 bits per heavy atom. The van der Waals surface area contributed by atoms with Gasteiger partial charge in [-0.1, -0.05) is 60.1 Å². The number of nitrogens with zero attached hydrogens (tertiary/aromatic N) is 1. The van der Waals surface area contributed by atoms with E-state index in [0.29, 0.717) is 23.6 Å². The fraction of sp³-hybridized carbons (Fsp3) is 0.167. The van der Waals surface area contributed by atoms with Crippen molar-refractivity contribution in [1.82, 2.24) is 10.2 Å². The molecule has 0 spiro atoms. The van der Waals surface area contributed by atoms with Gasteiger partial charge < -0.3 is 10.2 Å². The third-order valence-electron chi connectivity index (χ3n) is 5.30. The lowest BCUT2D eigenvalue weighted by molar-refractivity contribution is -0.126. The van der Waals surface area contributed by atoms with Gasteiger partial charge in [0.25, 0.3) is 5.91 Å². The molecule has 0 radical (unpaired) electrons. The van der Waals surface area contributed by atoms with Gasteiger partial charge in [-0.3, -0.25) is 9.59 Å². The van der Waals surface area contributed by atoms with Crippen molar-refractivity contribution >= 4 is 23.4 Å². The molecule has 30 heavy (non-hydrogen) atoms. The second-order valence-corrected chi connectivity index (χ2v) is 7.65. The first kappa shape index (κ1) is 20.1. The van der Waals surface area contributed by atoms with Crippen LogP contribution in [0.3, 0.4) is 0 Å². The summed E-state index contributed by atoms with van der Waals surface area (Å²) in [5, 5.41) is 3.24. The average Bonchev–Trinajstić information content (AvgIpc) is 2.77. The molecule has 0 saturated carbocycles. The maximum absolute atomic E-state index is 13.3. The Bertz CT molecular complexity index is 1080. The van der Waals surface area contributed by atoms with Gasteiger partial charge in [-0.2, -0.15) is 0 Å². The smallest absolute Gasteiger partial charge is 0.256 e. The number of amides is 2. The number of nitrogens with one attached hydrogen (secondary N) is 1. The number of rotatable bonds is 4. The highest BCUT2D eigenvalue weighted by Crippen LogP contribution is 2.27. The normalized spacial score (nSPS) is 15.4. The Morgan fingerprint density at radius 2 is 1.63 bits per heavy atom. The molecule has 1 unspecified atom stereocenters. The Balaban J connectivity index is 1.59. The van der Waals surface area contributed by atoms with Crippen molar-refractivity contribution in [3.63, 3.8) is 0 Å². The second kappa shape index (κ2) is 8.67. The second-order valence-electron chi connectivity index (χ2n) is 7.25. The predicted molar refractivity (Wildman–Crippen MR) is 114 cm³/mol. The van der Waals surface area contributed by atoms with E-state index in [-0.39, 0.29) is 24.2 Å². The molecular weight excluding hydrogens is 403 g/mol. The fourth-order valence-corrected chi connectivity index (χ4v) is 3.89. The van der Waals surface area contributed by atoms with Gasteiger partial charge in [-0.15, -0.1) is 0 Å². The highest BCUT2D eigenvalue weighted by Gasteiger charge is 2.35. The van der Waals surface area contributed by atoms with E-state index in [0.717, 1.165) is 16.7 Å². The molecule has 1 aliphatic heterocycles. The summed E-state index contributed by atoms with van der Waals surface area (Å²) in [6.45, 7) is 0.584. The van der Waals surface area contributed by atoms with Crippen molar-refractivity contribution in [2.24, 2.45) is 0 Å². The predicted octanol–water partition coefficient (Wildman–Crippen LogP) is 4.36. The van der Waals surface area contributed by atoms with Crippen LogP contribution in [0.15, 0.2) is 72.8 Å². The fourth-order valence-electron chi connectivity index (χ4n) is 3.67. The summed E-state index contributed by atoms with van der Waals surface area (Å²) in [6, 6.07) is 19.9. The Kier molecular flexibility index (Phi) is 5.81. The van der Waals surface area contributed by atoms with Crippen LogP contribution < -0.4 is 5.32 Å². The van der Waals surface area contributed by atoms with Crippen molar-refractivity contribution < 1.29 is 14.0 Å². The van der Waals surface area contributed by atoms with Gasteiger partial charge in [0, 0.05) is 19.5 Å². The summed E-state index contributed by atoms with van der Waals surface area (Å²) < 4.78 is 13.1. The van der Waals surface area contributed by atoms with Crippen LogP contribution in [0, 0.1) is 5.82 Å². The molecule has 6 heteroatoms. The number of halogens is 2. The molecule has 0 bridgehead atoms. The van der Waals surface area contributed by atoms with Crippen molar-refractivity contribution in [3.05, 3.63) is 106 Å². The van der Waals surface area contributed by atoms with Crippen molar-refractivity contribution in [2.45, 2.75) is 25.6 Å². The van der Waals surface area contributed by atoms with Crippen LogP contribution in [0.2, 0.25) is 5.02 Å². The van der Waals surface area contributed by atoms with Crippen LogP contribution in [0.1, 0.15) is 27.0 Å². The standard InChI is InChI=1S/C24H20ClFN2O2/c25-21-8-4-3-7-20(21)24(30)28-15-18-6-2-1-5-17(18)13-22(28)23(29)27-14-16-9-11-19(26)12-10-16/h1-12,22H,13-15H2,(H,27,29). The number of benzene rings is 3. The largest absolute Gasteiger partial charge is 0.350 e. The maximum Gasteiger partial charge on any atom is 0.256 e. The lowest BCUT2D eigenvalue weighted by atomic mass is 9.92. The lowest BCUT2D eigenvalue weighted by Gasteiger charge is -2.36. The Labute approximate surface area is 179 Å². The molecular formula is C24H20ClFN2O2. The molecule has 1 heterocycles. The summed E-state index contributed by atoms with van der Waals surface area (Å²) in [6.07, 6.45) is 0.418. The number of carbonyl (C=O) groups is 2. The molecule has 0 fully saturated rings. The van der Waals surface area contributed by atoms with Crippen LogP contribution in [0.4, 0.5) is 4.39 Å². The summed E-state index contributed by atoms with van der Waals surface area (Å²) >= 11 is 6.24. The maximum atomic E-state index is 13.3. The third-order valence-corrected chi connectivity index (χ3v) is 5.63. The highest BCUT2D eigenvalue weighted by atomic mass is 35.5. The minimum Gasteiger partial charge on any atom is -0.350 e. The van der Waals surface area contributed by atoms with Crippen LogP contribution in [0.25, 0.3) is 0 Å². The Morgan fingerprint density at radius 3 is 2.37 bits per heavy atom. The molecule has 1 N–H and O–H groups in total. The van der Waals surface area contributed by atoms with Gasteiger partial charge in [0.1, 0.15) is 11.9 Å². The van der Waals surface area contributed by atoms with E-state index in [9.17, 15) is 14.0 Å². The molecule has 152 valence electrons. The van der Waals surface area contributed by atoms with Gasteiger partial charge in [0.15, 0.2) is 0 Å². The van der Waals surface area contributed by atoms with E-state index in [4.69, 9.17) is 11.6 Å². The minimum atomic E-state index is -0.663. The molecule has 4 nitrogen and oxygen atoms in total. The zero-order chi connectivity index (χ0) is 21.1. The van der Waals surface area contributed by atoms with E-state index in [1.54, 1.807) is 41.3 Å². The van der Waals surface area contributed by atoms with Crippen LogP contribution in [-0.4, -0.2) is 22.8 Å². The van der Waals surface area contributed by atoms with E-state index in [1.807, 2.05) is 24.3 Å². The first-order chi connectivity index (χ1) is 14.5. The quantitative estimate of drug-likeness (QED) is 0.679. The number of fused-ring (bicyclic) bond motifs is 1. The molecule has 1 aliphatic rings. The van der Waals surface area contributed by atoms with Crippen molar-refractivity contribution in [2.75, 3.05) is 0 Å². The molecule has 0 aromatic heterocycles. The van der Waals surface area contributed by atoms with E-state index < -0.39 is 6.04 Å². The first-order valence-electron chi connectivity index (χ1n) is 9.67. The van der Waals surface area contributed by atoms with Crippen LogP contribution in [-0.2, 0) is 24.3 Å². The average molecular weight is 423 g/mol. The number of hydrogen-bond donors (Lipinski definition) is 1. The van der Waals surface area contributed by atoms with Gasteiger partial charge in [-0.25, -0.2) is 4.39 Å². The molecule has 0 saturated heterocycles. The number of carbonyl (C=O) groups excluding carboxylic acids is 2. The zero-order valence-corrected chi connectivity index (χ0v) is 16.9. The topological polar surface area (TPSA) is 49.4 Å². The Hall–Kier alpha value is -3.18. The van der Waals surface area contributed by atoms with E-state index >= 15 is 0 Å². The zero-order valence-electron chi connectivity index (χ0n) is 16.1. The van der Waals surface area contributed by atoms with Crippen LogP contribution in [0.5, 0.6) is 0 Å². The highest BCUT2D eigenvalue weighted by molar-refractivity contribution is 6.33. The molecule has 3 aromatic rings. The monoisotopic (exact) mass is 422 g/mol. The molecule has 0 aliphatic carbocycles. The summed E-state index contributed by atoms with van der Waals surface area (Å²) in [4.78, 5) is 27.9. The van der Waals surface area contributed by atoms with Crippen molar-refractivity contribution in [1.29, 1.82) is 0 Å². The van der Waals surface area contributed by atoms with Gasteiger partial charge >= 0.3 is 0 Å². The molecule has 3 aromatic carbocycles. The van der Waals surface area contributed by atoms with Gasteiger partial charge in [0.05, 0.1) is 10.6 Å². The SMILES string of the molecule is O=C(NCc1ccc(F)cc1)C1Cc2ccccc2CN1C(=O)c1ccccc1Cl. The van der Waals surface area contributed by atoms with Gasteiger partial charge in [0.2, 0.25) is 5.91 Å². The molecule has 4 rings (SSSR count). The summed E-state index contributed by atoms with van der Waals surface area (Å²) in [5.74, 6) is -0.864. The van der Waals surface area contributed by atoms with Crippen molar-refractivity contribution in [3.8, 4) is 0 Å². The summed E-state index contributed by atoms with van der Waals surface area (Å²) in [7, 11) is 0. The van der Waals surface area contributed by atoms with Gasteiger partial charge in [-0.05, 0) is 41.0 Å². The third kappa shape index (κ3) is 4.21. The van der Waals surface area contributed by atoms with E-state index in [2.05, 4.69) is 5.32 Å². The first-order valence-corrected chi connectivity index (χ1v) is 10.0. The van der Waals surface area contributed by atoms with E-state index in [1.165, 1.54) is 12.1 Å². The lowest BCUT2D eigenvalue weighted by Crippen LogP contribution is -2.52. The molecule has 2 amide bonds. The van der Waals surface area contributed by atoms with Crippen LogP contribution >= 0.6 is 11.6 Å².